The van der Waals surface area contributed by atoms with Gasteiger partial charge in [-0.25, -0.2) is 0 Å². The topological polar surface area (TPSA) is 29.5 Å². The first kappa shape index (κ1) is 10.7. The van der Waals surface area contributed by atoms with Crippen molar-refractivity contribution < 1.29 is 9.53 Å². The van der Waals surface area contributed by atoms with Gasteiger partial charge in [0.15, 0.2) is 0 Å². The molecule has 1 saturated heterocycles. The Morgan fingerprint density at radius 3 is 3.00 bits per heavy atom. The molecule has 0 aliphatic carbocycles. The van der Waals surface area contributed by atoms with Gasteiger partial charge in [-0.05, 0) is 26.8 Å². The van der Waals surface area contributed by atoms with Crippen molar-refractivity contribution in [1.82, 2.24) is 4.90 Å². The highest BCUT2D eigenvalue weighted by Crippen LogP contribution is 2.07. The largest absolute Gasteiger partial charge is 0.379 e. The lowest BCUT2D eigenvalue weighted by atomic mass is 10.2. The molecule has 76 valence electrons. The van der Waals surface area contributed by atoms with Crippen LogP contribution in [0.3, 0.4) is 0 Å². The van der Waals surface area contributed by atoms with Crippen molar-refractivity contribution in [3.63, 3.8) is 0 Å². The molecule has 0 bridgehead atoms. The fourth-order valence-corrected chi connectivity index (χ4v) is 1.62. The SMILES string of the molecule is CC(=O)CCCN1CCOCC1C. The summed E-state index contributed by atoms with van der Waals surface area (Å²) in [5.41, 5.74) is 0. The smallest absolute Gasteiger partial charge is 0.129 e. The first-order chi connectivity index (χ1) is 6.20. The minimum absolute atomic E-state index is 0.293. The number of hydrogen-bond donors (Lipinski definition) is 0. The second-order valence-electron chi connectivity index (χ2n) is 3.77. The van der Waals surface area contributed by atoms with Crippen LogP contribution < -0.4 is 0 Å². The second kappa shape index (κ2) is 5.35. The van der Waals surface area contributed by atoms with Gasteiger partial charge in [-0.3, -0.25) is 4.90 Å². The van der Waals surface area contributed by atoms with E-state index in [-0.39, 0.29) is 0 Å². The number of carbonyl (C=O) groups excluding carboxylic acids is 1. The summed E-state index contributed by atoms with van der Waals surface area (Å²) in [6, 6.07) is 0.515. The van der Waals surface area contributed by atoms with Gasteiger partial charge in [-0.1, -0.05) is 0 Å². The molecule has 0 radical (unpaired) electrons. The molecule has 1 aliphatic heterocycles. The summed E-state index contributed by atoms with van der Waals surface area (Å²) in [5.74, 6) is 0.293. The van der Waals surface area contributed by atoms with E-state index in [1.54, 1.807) is 6.92 Å². The van der Waals surface area contributed by atoms with Crippen LogP contribution in [-0.4, -0.2) is 43.0 Å². The molecule has 0 spiro atoms. The molecule has 3 heteroatoms. The van der Waals surface area contributed by atoms with Gasteiger partial charge in [0.1, 0.15) is 5.78 Å². The van der Waals surface area contributed by atoms with Crippen LogP contribution in [0, 0.1) is 0 Å². The summed E-state index contributed by atoms with van der Waals surface area (Å²) in [5, 5.41) is 0. The third-order valence-corrected chi connectivity index (χ3v) is 2.48. The summed E-state index contributed by atoms with van der Waals surface area (Å²) < 4.78 is 5.33. The molecule has 0 N–H and O–H groups in total. The predicted molar refractivity (Wildman–Crippen MR) is 51.8 cm³/mol. The van der Waals surface area contributed by atoms with Gasteiger partial charge in [0.05, 0.1) is 13.2 Å². The minimum Gasteiger partial charge on any atom is -0.379 e. The van der Waals surface area contributed by atoms with Crippen LogP contribution in [0.15, 0.2) is 0 Å². The van der Waals surface area contributed by atoms with Gasteiger partial charge < -0.3 is 9.53 Å². The molecule has 0 saturated carbocycles. The Bertz CT molecular complexity index is 170. The van der Waals surface area contributed by atoms with E-state index < -0.39 is 0 Å². The van der Waals surface area contributed by atoms with Gasteiger partial charge >= 0.3 is 0 Å². The molecule has 1 unspecified atom stereocenters. The standard InChI is InChI=1S/C10H19NO2/c1-9-8-13-7-6-11(9)5-3-4-10(2)12/h9H,3-8H2,1-2H3. The first-order valence-corrected chi connectivity index (χ1v) is 5.01. The molecular formula is C10H19NO2. The molecule has 0 aromatic heterocycles. The lowest BCUT2D eigenvalue weighted by Crippen LogP contribution is -2.44. The lowest BCUT2D eigenvalue weighted by molar-refractivity contribution is -0.117. The Morgan fingerprint density at radius 1 is 1.62 bits per heavy atom. The molecule has 1 rings (SSSR count). The van der Waals surface area contributed by atoms with E-state index in [0.29, 0.717) is 18.2 Å². The van der Waals surface area contributed by atoms with Crippen LogP contribution in [0.5, 0.6) is 0 Å². The molecule has 1 aliphatic rings. The van der Waals surface area contributed by atoms with Crippen molar-refractivity contribution in [3.05, 3.63) is 0 Å². The lowest BCUT2D eigenvalue weighted by Gasteiger charge is -2.33. The summed E-state index contributed by atoms with van der Waals surface area (Å²) in [7, 11) is 0. The highest BCUT2D eigenvalue weighted by atomic mass is 16.5. The van der Waals surface area contributed by atoms with Crippen molar-refractivity contribution in [3.8, 4) is 0 Å². The maximum atomic E-state index is 10.7. The number of rotatable bonds is 4. The zero-order valence-corrected chi connectivity index (χ0v) is 8.58. The molecule has 0 amide bonds. The molecule has 1 atom stereocenters. The van der Waals surface area contributed by atoms with Crippen molar-refractivity contribution in [2.75, 3.05) is 26.3 Å². The molecule has 1 heterocycles. The minimum atomic E-state index is 0.293. The van der Waals surface area contributed by atoms with E-state index in [1.165, 1.54) is 0 Å². The van der Waals surface area contributed by atoms with Gasteiger partial charge in [0, 0.05) is 19.0 Å². The second-order valence-corrected chi connectivity index (χ2v) is 3.77. The van der Waals surface area contributed by atoms with E-state index in [2.05, 4.69) is 11.8 Å². The Morgan fingerprint density at radius 2 is 2.38 bits per heavy atom. The van der Waals surface area contributed by atoms with Gasteiger partial charge in [-0.2, -0.15) is 0 Å². The molecule has 0 aromatic rings. The Kier molecular flexibility index (Phi) is 4.39. The summed E-state index contributed by atoms with van der Waals surface area (Å²) in [6.45, 7) is 7.54. The molecule has 13 heavy (non-hydrogen) atoms. The van der Waals surface area contributed by atoms with Gasteiger partial charge in [-0.15, -0.1) is 0 Å². The zero-order valence-electron chi connectivity index (χ0n) is 8.58. The fourth-order valence-electron chi connectivity index (χ4n) is 1.62. The highest BCUT2D eigenvalue weighted by Gasteiger charge is 2.17. The Balaban J connectivity index is 2.15. The normalized spacial score (nSPS) is 24.6. The number of nitrogens with zero attached hydrogens (tertiary/aromatic N) is 1. The van der Waals surface area contributed by atoms with E-state index in [0.717, 1.165) is 32.7 Å². The average Bonchev–Trinajstić information content (AvgIpc) is 2.08. The van der Waals surface area contributed by atoms with Crippen LogP contribution in [0.25, 0.3) is 0 Å². The van der Waals surface area contributed by atoms with Gasteiger partial charge in [0.25, 0.3) is 0 Å². The van der Waals surface area contributed by atoms with E-state index in [9.17, 15) is 4.79 Å². The number of Topliss-reactive ketones (excluding diaryl/α,β-unsaturated/α-hetero) is 1. The van der Waals surface area contributed by atoms with Crippen molar-refractivity contribution in [2.24, 2.45) is 0 Å². The van der Waals surface area contributed by atoms with E-state index in [1.807, 2.05) is 0 Å². The third kappa shape index (κ3) is 3.87. The molecular weight excluding hydrogens is 166 g/mol. The van der Waals surface area contributed by atoms with Crippen molar-refractivity contribution >= 4 is 5.78 Å². The third-order valence-electron chi connectivity index (χ3n) is 2.48. The van der Waals surface area contributed by atoms with Crippen LogP contribution in [0.1, 0.15) is 26.7 Å². The number of ether oxygens (including phenoxy) is 1. The summed E-state index contributed by atoms with van der Waals surface area (Å²) in [6.07, 6.45) is 1.70. The predicted octanol–water partition coefficient (Wildman–Crippen LogP) is 1.08. The van der Waals surface area contributed by atoms with Crippen LogP contribution in [-0.2, 0) is 9.53 Å². The number of morpholine rings is 1. The highest BCUT2D eigenvalue weighted by molar-refractivity contribution is 5.75. The quantitative estimate of drug-likeness (QED) is 0.656. The Hall–Kier alpha value is -0.410. The number of hydrogen-bond acceptors (Lipinski definition) is 3. The summed E-state index contributed by atoms with van der Waals surface area (Å²) in [4.78, 5) is 13.1. The molecule has 1 fully saturated rings. The number of carbonyl (C=O) groups is 1. The van der Waals surface area contributed by atoms with Gasteiger partial charge in [0.2, 0.25) is 0 Å². The number of ketones is 1. The summed E-state index contributed by atoms with van der Waals surface area (Å²) >= 11 is 0. The Labute approximate surface area is 80.1 Å². The van der Waals surface area contributed by atoms with E-state index in [4.69, 9.17) is 4.74 Å². The van der Waals surface area contributed by atoms with Crippen LogP contribution >= 0.6 is 0 Å². The maximum Gasteiger partial charge on any atom is 0.129 e. The van der Waals surface area contributed by atoms with Crippen LogP contribution in [0.4, 0.5) is 0 Å². The van der Waals surface area contributed by atoms with E-state index >= 15 is 0 Å². The monoisotopic (exact) mass is 185 g/mol. The van der Waals surface area contributed by atoms with Crippen LogP contribution in [0.2, 0.25) is 0 Å². The van der Waals surface area contributed by atoms with Crippen molar-refractivity contribution in [1.29, 1.82) is 0 Å². The molecule has 0 aromatic carbocycles. The first-order valence-electron chi connectivity index (χ1n) is 5.01. The van der Waals surface area contributed by atoms with Crippen molar-refractivity contribution in [2.45, 2.75) is 32.7 Å². The molecule has 3 nitrogen and oxygen atoms in total. The average molecular weight is 185 g/mol. The zero-order chi connectivity index (χ0) is 9.68. The maximum absolute atomic E-state index is 10.7. The fraction of sp³-hybridized carbons (Fsp3) is 0.900.